The molecule has 0 spiro atoms. The van der Waals surface area contributed by atoms with Gasteiger partial charge in [0.15, 0.2) is 0 Å². The molecule has 0 radical (unpaired) electrons. The van der Waals surface area contributed by atoms with Crippen molar-refractivity contribution in [2.75, 3.05) is 0 Å². The zero-order valence-corrected chi connectivity index (χ0v) is 7.58. The van der Waals surface area contributed by atoms with E-state index >= 15 is 0 Å². The zero-order chi connectivity index (χ0) is 6.97. The number of halogens is 1. The molecule has 0 bridgehead atoms. The van der Waals surface area contributed by atoms with Crippen LogP contribution in [0.4, 0.5) is 0 Å². The molecule has 50 valence electrons. The lowest BCUT2D eigenvalue weighted by Crippen LogP contribution is -1.67. The summed E-state index contributed by atoms with van der Waals surface area (Å²) in [6.07, 6.45) is 0. The first kappa shape index (κ1) is 6.38. The topological polar surface area (TPSA) is 0 Å². The largest absolute Gasteiger partial charge is 0.152 e. The lowest BCUT2D eigenvalue weighted by molar-refractivity contribution is 1.80. The van der Waals surface area contributed by atoms with Crippen molar-refractivity contribution >= 4 is 27.3 Å². The number of fused-ring (bicyclic) bond motifs is 1. The lowest BCUT2D eigenvalue weighted by Gasteiger charge is -1.94. The Balaban J connectivity index is 2.78. The Labute approximate surface area is 72.0 Å². The summed E-state index contributed by atoms with van der Waals surface area (Å²) in [5, 5.41) is 4.24. The van der Waals surface area contributed by atoms with E-state index in [0.29, 0.717) is 0 Å². The van der Waals surface area contributed by atoms with Gasteiger partial charge < -0.3 is 0 Å². The zero-order valence-electron chi connectivity index (χ0n) is 5.17. The molecule has 10 heavy (non-hydrogen) atoms. The van der Waals surface area contributed by atoms with E-state index in [1.165, 1.54) is 15.6 Å². The van der Waals surface area contributed by atoms with Crippen molar-refractivity contribution in [3.8, 4) is 11.1 Å². The average Bonchev–Trinajstić information content (AvgIpc) is 2.34. The van der Waals surface area contributed by atoms with Gasteiger partial charge in [-0.05, 0) is 34.0 Å². The minimum Gasteiger partial charge on any atom is -0.152 e. The lowest BCUT2D eigenvalue weighted by atomic mass is 10.2. The first-order valence-corrected chi connectivity index (χ1v) is 4.72. The van der Waals surface area contributed by atoms with E-state index in [2.05, 4.69) is 44.9 Å². The molecular formula is C8H5BrS. The van der Waals surface area contributed by atoms with E-state index in [0.717, 1.165) is 0 Å². The number of rotatable bonds is 0. The second kappa shape index (κ2) is 2.36. The molecule has 0 aromatic heterocycles. The second-order valence-electron chi connectivity index (χ2n) is 2.11. The summed E-state index contributed by atoms with van der Waals surface area (Å²) < 4.78 is 1.19. The Morgan fingerprint density at radius 3 is 2.90 bits per heavy atom. The molecule has 0 atom stereocenters. The number of hydrogen-bond donors (Lipinski definition) is 0. The fourth-order valence-electron chi connectivity index (χ4n) is 0.979. The molecule has 0 aromatic rings. The van der Waals surface area contributed by atoms with Gasteiger partial charge in [-0.25, -0.2) is 0 Å². The third kappa shape index (κ3) is 0.879. The van der Waals surface area contributed by atoms with Gasteiger partial charge in [-0.15, -0.1) is 0 Å². The molecule has 2 aliphatic rings. The van der Waals surface area contributed by atoms with Crippen LogP contribution >= 0.6 is 27.3 Å². The second-order valence-corrected chi connectivity index (χ2v) is 3.74. The van der Waals surface area contributed by atoms with E-state index in [1.54, 1.807) is 11.3 Å². The van der Waals surface area contributed by atoms with Crippen LogP contribution in [0.2, 0.25) is 0 Å². The molecule has 0 fully saturated rings. The van der Waals surface area contributed by atoms with Gasteiger partial charge in [0.1, 0.15) is 0 Å². The van der Waals surface area contributed by atoms with Gasteiger partial charge >= 0.3 is 0 Å². The third-order valence-corrected chi connectivity index (χ3v) is 2.86. The maximum absolute atomic E-state index is 3.47. The molecule has 0 amide bonds. The van der Waals surface area contributed by atoms with E-state index in [-0.39, 0.29) is 0 Å². The molecule has 0 aromatic carbocycles. The first-order valence-electron chi connectivity index (χ1n) is 2.98. The van der Waals surface area contributed by atoms with Crippen molar-refractivity contribution in [3.63, 3.8) is 0 Å². The standard InChI is InChI=1S/C8H5BrS/c9-8-2-1-6-5-10-4-3-7(6)8/h1-5H. The Bertz CT molecular complexity index is 313. The SMILES string of the molecule is Brc1ccc2csccc1-2. The molecular weight excluding hydrogens is 208 g/mol. The van der Waals surface area contributed by atoms with Crippen LogP contribution < -0.4 is 0 Å². The van der Waals surface area contributed by atoms with Gasteiger partial charge in [-0.2, -0.15) is 11.3 Å². The number of hydrogen-bond acceptors (Lipinski definition) is 1. The monoisotopic (exact) mass is 212 g/mol. The maximum atomic E-state index is 3.47. The Morgan fingerprint density at radius 1 is 1.20 bits per heavy atom. The van der Waals surface area contributed by atoms with Crippen LogP contribution in [0.5, 0.6) is 0 Å². The van der Waals surface area contributed by atoms with Gasteiger partial charge in [0.05, 0.1) is 0 Å². The Kier molecular flexibility index (Phi) is 1.51. The highest BCUT2D eigenvalue weighted by Crippen LogP contribution is 2.32. The molecule has 2 heteroatoms. The third-order valence-electron chi connectivity index (χ3n) is 1.49. The molecule has 1 aliphatic carbocycles. The van der Waals surface area contributed by atoms with Crippen molar-refractivity contribution in [1.82, 2.24) is 0 Å². The summed E-state index contributed by atoms with van der Waals surface area (Å²) >= 11 is 5.20. The molecule has 1 heterocycles. The molecule has 2 rings (SSSR count). The fourth-order valence-corrected chi connectivity index (χ4v) is 2.12. The van der Waals surface area contributed by atoms with Crippen molar-refractivity contribution in [3.05, 3.63) is 33.4 Å². The average molecular weight is 213 g/mol. The quantitative estimate of drug-likeness (QED) is 0.627. The molecule has 0 unspecified atom stereocenters. The summed E-state index contributed by atoms with van der Waals surface area (Å²) in [5.41, 5.74) is 2.62. The van der Waals surface area contributed by atoms with E-state index in [4.69, 9.17) is 0 Å². The Morgan fingerprint density at radius 2 is 2.10 bits per heavy atom. The summed E-state index contributed by atoms with van der Waals surface area (Å²) in [7, 11) is 0. The molecule has 0 N–H and O–H groups in total. The summed E-state index contributed by atoms with van der Waals surface area (Å²) in [4.78, 5) is 0. The minimum absolute atomic E-state index is 1.19. The highest BCUT2D eigenvalue weighted by Gasteiger charge is 2.03. The van der Waals surface area contributed by atoms with Crippen molar-refractivity contribution < 1.29 is 0 Å². The van der Waals surface area contributed by atoms with Crippen LogP contribution in [0.15, 0.2) is 33.4 Å². The van der Waals surface area contributed by atoms with Gasteiger partial charge in [-0.3, -0.25) is 0 Å². The van der Waals surface area contributed by atoms with Crippen LogP contribution in [-0.2, 0) is 0 Å². The van der Waals surface area contributed by atoms with Crippen LogP contribution in [0, 0.1) is 0 Å². The smallest absolute Gasteiger partial charge is 0.0254 e. The highest BCUT2D eigenvalue weighted by atomic mass is 79.9. The summed E-state index contributed by atoms with van der Waals surface area (Å²) in [5.74, 6) is 0. The minimum atomic E-state index is 1.19. The van der Waals surface area contributed by atoms with Crippen LogP contribution in [0.25, 0.3) is 11.1 Å². The maximum Gasteiger partial charge on any atom is 0.0254 e. The van der Waals surface area contributed by atoms with Crippen LogP contribution in [-0.4, -0.2) is 0 Å². The molecule has 0 nitrogen and oxygen atoms in total. The van der Waals surface area contributed by atoms with Gasteiger partial charge in [0.2, 0.25) is 0 Å². The van der Waals surface area contributed by atoms with Crippen LogP contribution in [0.3, 0.4) is 0 Å². The van der Waals surface area contributed by atoms with Gasteiger partial charge in [0, 0.05) is 4.47 Å². The predicted octanol–water partition coefficient (Wildman–Crippen LogP) is 3.62. The summed E-state index contributed by atoms with van der Waals surface area (Å²) in [6, 6.07) is 6.33. The van der Waals surface area contributed by atoms with Crippen molar-refractivity contribution in [2.24, 2.45) is 0 Å². The molecule has 0 saturated carbocycles. The highest BCUT2D eigenvalue weighted by molar-refractivity contribution is 9.10. The van der Waals surface area contributed by atoms with Gasteiger partial charge in [0.25, 0.3) is 0 Å². The molecule has 0 saturated heterocycles. The van der Waals surface area contributed by atoms with E-state index < -0.39 is 0 Å². The van der Waals surface area contributed by atoms with Crippen molar-refractivity contribution in [2.45, 2.75) is 0 Å². The van der Waals surface area contributed by atoms with E-state index in [1.807, 2.05) is 0 Å². The van der Waals surface area contributed by atoms with Gasteiger partial charge in [-0.1, -0.05) is 22.0 Å². The molecule has 1 aliphatic heterocycles. The summed E-state index contributed by atoms with van der Waals surface area (Å²) in [6.45, 7) is 0. The Hall–Kier alpha value is -0.340. The van der Waals surface area contributed by atoms with Crippen molar-refractivity contribution in [1.29, 1.82) is 0 Å². The first-order chi connectivity index (χ1) is 4.88. The van der Waals surface area contributed by atoms with Crippen LogP contribution in [0.1, 0.15) is 0 Å². The van der Waals surface area contributed by atoms with E-state index in [9.17, 15) is 0 Å². The normalized spacial score (nSPS) is 10.5. The predicted molar refractivity (Wildman–Crippen MR) is 48.6 cm³/mol. The fraction of sp³-hybridized carbons (Fsp3) is 0.